The minimum atomic E-state index is -0.280. The van der Waals surface area contributed by atoms with Crippen molar-refractivity contribution >= 4 is 40.6 Å². The van der Waals surface area contributed by atoms with Crippen LogP contribution in [0.15, 0.2) is 35.0 Å². The molecule has 0 radical (unpaired) electrons. The van der Waals surface area contributed by atoms with Gasteiger partial charge in [-0.3, -0.25) is 9.59 Å². The highest BCUT2D eigenvalue weighted by Crippen LogP contribution is 2.39. The highest BCUT2D eigenvalue weighted by Gasteiger charge is 2.31. The molecule has 0 spiro atoms. The van der Waals surface area contributed by atoms with Crippen LogP contribution in [-0.4, -0.2) is 27.1 Å². The van der Waals surface area contributed by atoms with Gasteiger partial charge in [-0.15, -0.1) is 11.8 Å². The van der Waals surface area contributed by atoms with E-state index in [4.69, 9.17) is 11.6 Å². The second-order valence-corrected chi connectivity index (χ2v) is 7.91. The molecule has 0 atom stereocenters. The van der Waals surface area contributed by atoms with E-state index in [1.165, 1.54) is 0 Å². The molecule has 0 fully saturated rings. The first-order chi connectivity index (χ1) is 12.1. The van der Waals surface area contributed by atoms with Crippen molar-refractivity contribution in [2.45, 2.75) is 37.5 Å². The van der Waals surface area contributed by atoms with Crippen LogP contribution in [0, 0.1) is 6.92 Å². The lowest BCUT2D eigenvalue weighted by Crippen LogP contribution is -2.22. The lowest BCUT2D eigenvalue weighted by molar-refractivity contribution is -0.115. The van der Waals surface area contributed by atoms with E-state index < -0.39 is 0 Å². The van der Waals surface area contributed by atoms with Crippen molar-refractivity contribution in [2.24, 2.45) is 0 Å². The number of halogens is 1. The van der Waals surface area contributed by atoms with Crippen LogP contribution in [0.1, 0.15) is 40.7 Å². The average molecular weight is 373 g/mol. The lowest BCUT2D eigenvalue weighted by atomic mass is 9.88. The van der Waals surface area contributed by atoms with Crippen LogP contribution in [0.4, 0.5) is 0 Å². The minimum Gasteiger partial charge on any atom is -0.294 e. The Balaban J connectivity index is 1.84. The molecular weight excluding hydrogens is 356 g/mol. The maximum Gasteiger partial charge on any atom is 0.199 e. The molecule has 2 aromatic rings. The molecule has 0 saturated carbocycles. The first kappa shape index (κ1) is 16.6. The van der Waals surface area contributed by atoms with Crippen molar-refractivity contribution in [3.05, 3.63) is 51.8 Å². The summed E-state index contributed by atoms with van der Waals surface area (Å²) in [5.41, 5.74) is 3.36. The number of hydrogen-bond acceptors (Lipinski definition) is 4. The highest BCUT2D eigenvalue weighted by molar-refractivity contribution is 7.99. The van der Waals surface area contributed by atoms with E-state index in [1.54, 1.807) is 28.7 Å². The Morgan fingerprint density at radius 1 is 1.28 bits per heavy atom. The number of benzene rings is 1. The molecule has 0 unspecified atom stereocenters. The van der Waals surface area contributed by atoms with Crippen LogP contribution < -0.4 is 0 Å². The SMILES string of the molecule is Cc1cnn(C2=C(C(=O)c3ccc4c(c3Cl)CCS4)C(=O)CCC2)c1. The Labute approximate surface area is 155 Å². The smallest absolute Gasteiger partial charge is 0.199 e. The second-order valence-electron chi connectivity index (χ2n) is 6.39. The Kier molecular flexibility index (Phi) is 4.29. The molecule has 2 heterocycles. The van der Waals surface area contributed by atoms with Crippen LogP contribution in [0.3, 0.4) is 0 Å². The predicted molar refractivity (Wildman–Crippen MR) is 99.2 cm³/mol. The number of carbonyl (C=O) groups excluding carboxylic acids is 2. The van der Waals surface area contributed by atoms with Crippen molar-refractivity contribution in [1.29, 1.82) is 0 Å². The van der Waals surface area contributed by atoms with E-state index >= 15 is 0 Å². The van der Waals surface area contributed by atoms with E-state index in [9.17, 15) is 9.59 Å². The number of aryl methyl sites for hydroxylation is 1. The molecule has 6 heteroatoms. The number of rotatable bonds is 3. The van der Waals surface area contributed by atoms with E-state index in [2.05, 4.69) is 5.10 Å². The first-order valence-corrected chi connectivity index (χ1v) is 9.69. The van der Waals surface area contributed by atoms with E-state index in [-0.39, 0.29) is 17.1 Å². The molecule has 2 aliphatic rings. The van der Waals surface area contributed by atoms with E-state index in [0.29, 0.717) is 29.1 Å². The molecule has 4 nitrogen and oxygen atoms in total. The van der Waals surface area contributed by atoms with Gasteiger partial charge in [0.15, 0.2) is 11.6 Å². The molecule has 1 aliphatic heterocycles. The summed E-state index contributed by atoms with van der Waals surface area (Å²) in [4.78, 5) is 26.9. The molecule has 0 bridgehead atoms. The summed E-state index contributed by atoms with van der Waals surface area (Å²) in [5, 5.41) is 4.79. The van der Waals surface area contributed by atoms with Crippen LogP contribution >= 0.6 is 23.4 Å². The Hall–Kier alpha value is -1.85. The maximum atomic E-state index is 13.2. The van der Waals surface area contributed by atoms with Gasteiger partial charge in [0.05, 0.1) is 22.5 Å². The van der Waals surface area contributed by atoms with Gasteiger partial charge in [0, 0.05) is 28.8 Å². The number of fused-ring (bicyclic) bond motifs is 1. The number of ketones is 2. The molecule has 128 valence electrons. The number of Topliss-reactive ketones (excluding diaryl/α,β-unsaturated/α-hetero) is 2. The average Bonchev–Trinajstić information content (AvgIpc) is 3.23. The molecule has 25 heavy (non-hydrogen) atoms. The molecule has 4 rings (SSSR count). The Morgan fingerprint density at radius 2 is 2.12 bits per heavy atom. The van der Waals surface area contributed by atoms with Crippen LogP contribution in [0.25, 0.3) is 5.70 Å². The predicted octanol–water partition coefficient (Wildman–Crippen LogP) is 4.34. The minimum absolute atomic E-state index is 0.120. The highest BCUT2D eigenvalue weighted by atomic mass is 35.5. The maximum absolute atomic E-state index is 13.2. The molecule has 1 aliphatic carbocycles. The summed E-state index contributed by atoms with van der Waals surface area (Å²) in [6.45, 7) is 1.94. The summed E-state index contributed by atoms with van der Waals surface area (Å²) < 4.78 is 1.66. The zero-order chi connectivity index (χ0) is 17.6. The topological polar surface area (TPSA) is 52.0 Å². The van der Waals surface area contributed by atoms with Gasteiger partial charge >= 0.3 is 0 Å². The van der Waals surface area contributed by atoms with Crippen molar-refractivity contribution in [2.75, 3.05) is 5.75 Å². The normalized spacial score (nSPS) is 17.1. The van der Waals surface area contributed by atoms with Gasteiger partial charge in [-0.25, -0.2) is 4.68 Å². The summed E-state index contributed by atoms with van der Waals surface area (Å²) in [7, 11) is 0. The quantitative estimate of drug-likeness (QED) is 0.594. The van der Waals surface area contributed by atoms with Gasteiger partial charge in [-0.2, -0.15) is 5.10 Å². The van der Waals surface area contributed by atoms with Gasteiger partial charge in [-0.1, -0.05) is 11.6 Å². The number of aromatic nitrogens is 2. The third kappa shape index (κ3) is 2.85. The van der Waals surface area contributed by atoms with Crippen LogP contribution in [0.5, 0.6) is 0 Å². The summed E-state index contributed by atoms with van der Waals surface area (Å²) in [6.07, 6.45) is 6.22. The van der Waals surface area contributed by atoms with E-state index in [1.807, 2.05) is 19.2 Å². The second kappa shape index (κ2) is 6.46. The standard InChI is InChI=1S/C19H17ClN2O2S/c1-11-9-21-22(10-11)14-3-2-4-15(23)17(14)19(24)13-5-6-16-12(18(13)20)7-8-25-16/h5-6,9-10H,2-4,7-8H2,1H3. The first-order valence-electron chi connectivity index (χ1n) is 8.33. The third-order valence-electron chi connectivity index (χ3n) is 4.65. The van der Waals surface area contributed by atoms with Crippen molar-refractivity contribution < 1.29 is 9.59 Å². The molecule has 0 amide bonds. The lowest BCUT2D eigenvalue weighted by Gasteiger charge is -2.19. The number of thioether (sulfide) groups is 1. The van der Waals surface area contributed by atoms with Crippen LogP contribution in [0.2, 0.25) is 5.02 Å². The van der Waals surface area contributed by atoms with Crippen molar-refractivity contribution in [3.63, 3.8) is 0 Å². The van der Waals surface area contributed by atoms with Crippen molar-refractivity contribution in [1.82, 2.24) is 9.78 Å². The summed E-state index contributed by atoms with van der Waals surface area (Å²) in [6, 6.07) is 3.69. The third-order valence-corrected chi connectivity index (χ3v) is 6.19. The van der Waals surface area contributed by atoms with Crippen LogP contribution in [-0.2, 0) is 11.2 Å². The van der Waals surface area contributed by atoms with Gasteiger partial charge in [0.2, 0.25) is 0 Å². The summed E-state index contributed by atoms with van der Waals surface area (Å²) >= 11 is 8.27. The zero-order valence-corrected chi connectivity index (χ0v) is 15.4. The molecule has 0 N–H and O–H groups in total. The zero-order valence-electron chi connectivity index (χ0n) is 13.8. The number of carbonyl (C=O) groups is 2. The monoisotopic (exact) mass is 372 g/mol. The number of nitrogens with zero attached hydrogens (tertiary/aromatic N) is 2. The molecular formula is C19H17ClN2O2S. The number of allylic oxidation sites excluding steroid dienone is 2. The Morgan fingerprint density at radius 3 is 2.88 bits per heavy atom. The molecule has 1 aromatic carbocycles. The van der Waals surface area contributed by atoms with Gasteiger partial charge in [-0.05, 0) is 49.4 Å². The van der Waals surface area contributed by atoms with Gasteiger partial charge in [0.25, 0.3) is 0 Å². The van der Waals surface area contributed by atoms with E-state index in [0.717, 1.165) is 34.6 Å². The largest absolute Gasteiger partial charge is 0.294 e. The molecule has 0 saturated heterocycles. The fourth-order valence-electron chi connectivity index (χ4n) is 3.42. The molecule has 1 aromatic heterocycles. The van der Waals surface area contributed by atoms with Crippen molar-refractivity contribution in [3.8, 4) is 0 Å². The summed E-state index contributed by atoms with van der Waals surface area (Å²) in [5.74, 6) is 0.578. The fraction of sp³-hybridized carbons (Fsp3) is 0.316. The Bertz CT molecular complexity index is 930. The fourth-order valence-corrected chi connectivity index (χ4v) is 4.89. The van der Waals surface area contributed by atoms with Gasteiger partial charge < -0.3 is 0 Å². The number of hydrogen-bond donors (Lipinski definition) is 0. The van der Waals surface area contributed by atoms with Gasteiger partial charge in [0.1, 0.15) is 0 Å².